The highest BCUT2D eigenvalue weighted by Gasteiger charge is 2.47. The van der Waals surface area contributed by atoms with E-state index in [0.29, 0.717) is 11.3 Å². The molecule has 1 rings (SSSR count). The first kappa shape index (κ1) is 22.2. The molecule has 0 saturated heterocycles. The van der Waals surface area contributed by atoms with Crippen molar-refractivity contribution in [3.05, 3.63) is 34.3 Å². The fourth-order valence-corrected chi connectivity index (χ4v) is 3.95. The fraction of sp³-hybridized carbons (Fsp3) is 0.556. The number of carbonyl (C=O) groups excluding carboxylic acids is 2. The van der Waals surface area contributed by atoms with Crippen LogP contribution in [0.15, 0.2) is 28.7 Å². The number of ketones is 1. The maximum absolute atomic E-state index is 12.9. The Bertz CT molecular complexity index is 579. The average Bonchev–Trinajstić information content (AvgIpc) is 2.51. The summed E-state index contributed by atoms with van der Waals surface area (Å²) in [6.45, 7) is 6.90. The monoisotopic (exact) mass is 431 g/mol. The zero-order valence-corrected chi connectivity index (χ0v) is 17.5. The standard InChI is InChI=1S/C18H26BrNO4S/c1-5-6-11-25(23)20-18(12-14(4)21,17(22)24-13(2)3)15-7-9-16(19)10-8-15/h7-10,13,20H,5-6,11-12H2,1-4H3/t18?,25-/m0/s1. The minimum atomic E-state index is -1.46. The summed E-state index contributed by atoms with van der Waals surface area (Å²) in [7, 11) is 0. The van der Waals surface area contributed by atoms with E-state index in [-0.39, 0.29) is 18.3 Å². The van der Waals surface area contributed by atoms with Gasteiger partial charge in [0.15, 0.2) is 5.54 Å². The lowest BCUT2D eigenvalue weighted by Gasteiger charge is -2.32. The molecular weight excluding hydrogens is 406 g/mol. The van der Waals surface area contributed by atoms with Crippen LogP contribution in [-0.2, 0) is 31.2 Å². The first-order chi connectivity index (χ1) is 11.7. The van der Waals surface area contributed by atoms with Crippen LogP contribution >= 0.6 is 15.9 Å². The zero-order valence-electron chi connectivity index (χ0n) is 15.1. The molecule has 5 nitrogen and oxygen atoms in total. The molecule has 140 valence electrons. The van der Waals surface area contributed by atoms with Gasteiger partial charge in [-0.3, -0.25) is 4.79 Å². The molecule has 0 amide bonds. The highest BCUT2D eigenvalue weighted by molar-refractivity contribution is 9.10. The number of rotatable bonds is 10. The number of unbranched alkanes of at least 4 members (excludes halogenated alkanes) is 1. The molecule has 0 radical (unpaired) electrons. The van der Waals surface area contributed by atoms with Gasteiger partial charge in [-0.25, -0.2) is 4.79 Å². The zero-order chi connectivity index (χ0) is 19.0. The van der Waals surface area contributed by atoms with Gasteiger partial charge in [-0.2, -0.15) is 0 Å². The van der Waals surface area contributed by atoms with E-state index < -0.39 is 22.9 Å². The molecular formula is C18H26BrNO4S. The highest BCUT2D eigenvalue weighted by atomic mass is 79.9. The molecule has 7 heteroatoms. The van der Waals surface area contributed by atoms with E-state index in [0.717, 1.165) is 17.3 Å². The van der Waals surface area contributed by atoms with Crippen LogP contribution in [0.4, 0.5) is 0 Å². The molecule has 0 aliphatic heterocycles. The Morgan fingerprint density at radius 3 is 2.40 bits per heavy atom. The average molecular weight is 432 g/mol. The van der Waals surface area contributed by atoms with Gasteiger partial charge in [0, 0.05) is 22.3 Å². The van der Waals surface area contributed by atoms with Crippen molar-refractivity contribution in [3.8, 4) is 0 Å². The molecule has 0 aliphatic carbocycles. The second kappa shape index (κ2) is 10.3. The number of hydrogen-bond donors (Lipinski definition) is 1. The third-order valence-electron chi connectivity index (χ3n) is 3.51. The minimum absolute atomic E-state index is 0.127. The van der Waals surface area contributed by atoms with E-state index in [9.17, 15) is 14.1 Å². The number of ether oxygens (including phenoxy) is 1. The Hall–Kier alpha value is -0.890. The van der Waals surface area contributed by atoms with Crippen LogP contribution in [0.5, 0.6) is 0 Å². The highest BCUT2D eigenvalue weighted by Crippen LogP contribution is 2.30. The Morgan fingerprint density at radius 1 is 1.32 bits per heavy atom. The maximum Gasteiger partial charge on any atom is 0.336 e. The molecule has 1 aromatic carbocycles. The summed E-state index contributed by atoms with van der Waals surface area (Å²) in [4.78, 5) is 24.9. The van der Waals surface area contributed by atoms with Gasteiger partial charge in [0.05, 0.1) is 6.10 Å². The number of nitrogens with one attached hydrogen (secondary N) is 1. The first-order valence-corrected chi connectivity index (χ1v) is 10.4. The molecule has 25 heavy (non-hydrogen) atoms. The Labute approximate surface area is 161 Å². The second-order valence-corrected chi connectivity index (χ2v) is 8.47. The number of hydrogen-bond acceptors (Lipinski definition) is 5. The molecule has 0 bridgehead atoms. The molecule has 0 aliphatic rings. The predicted molar refractivity (Wildman–Crippen MR) is 103 cm³/mol. The Kier molecular flexibility index (Phi) is 9.13. The summed E-state index contributed by atoms with van der Waals surface area (Å²) in [6.07, 6.45) is 1.18. The van der Waals surface area contributed by atoms with E-state index >= 15 is 0 Å². The topological polar surface area (TPSA) is 78.5 Å². The summed E-state index contributed by atoms with van der Waals surface area (Å²) in [5, 5.41) is 0. The lowest BCUT2D eigenvalue weighted by molar-refractivity contribution is -0.156. The molecule has 1 N–H and O–H groups in total. The van der Waals surface area contributed by atoms with E-state index in [2.05, 4.69) is 20.7 Å². The predicted octanol–water partition coefficient (Wildman–Crippen LogP) is 3.63. The molecule has 1 aromatic rings. The van der Waals surface area contributed by atoms with Crippen molar-refractivity contribution in [1.29, 1.82) is 0 Å². The summed E-state index contributed by atoms with van der Waals surface area (Å²) < 4.78 is 21.7. The summed E-state index contributed by atoms with van der Waals surface area (Å²) >= 11 is 1.90. The van der Waals surface area contributed by atoms with Crippen molar-refractivity contribution in [2.24, 2.45) is 0 Å². The van der Waals surface area contributed by atoms with Crippen LogP contribution in [0.2, 0.25) is 0 Å². The van der Waals surface area contributed by atoms with E-state index in [1.165, 1.54) is 6.92 Å². The maximum atomic E-state index is 12.9. The summed E-state index contributed by atoms with van der Waals surface area (Å²) in [5.74, 6) is -0.379. The SMILES string of the molecule is CCCC[S@+]([O-])NC(CC(C)=O)(C(=O)OC(C)C)c1ccc(Br)cc1. The quantitative estimate of drug-likeness (QED) is 0.451. The van der Waals surface area contributed by atoms with Crippen LogP contribution in [0.1, 0.15) is 52.5 Å². The van der Waals surface area contributed by atoms with Crippen molar-refractivity contribution in [3.63, 3.8) is 0 Å². The molecule has 0 spiro atoms. The van der Waals surface area contributed by atoms with Crippen LogP contribution in [0.3, 0.4) is 0 Å². The number of carbonyl (C=O) groups is 2. The molecule has 1 unspecified atom stereocenters. The van der Waals surface area contributed by atoms with Gasteiger partial charge in [-0.05, 0) is 44.9 Å². The third kappa shape index (κ3) is 6.73. The third-order valence-corrected chi connectivity index (χ3v) is 5.28. The van der Waals surface area contributed by atoms with Gasteiger partial charge < -0.3 is 9.29 Å². The second-order valence-electron chi connectivity index (χ2n) is 6.25. The van der Waals surface area contributed by atoms with Crippen molar-refractivity contribution in [2.45, 2.75) is 58.6 Å². The van der Waals surface area contributed by atoms with Crippen molar-refractivity contribution >= 4 is 39.0 Å². The van der Waals surface area contributed by atoms with Gasteiger partial charge in [0.25, 0.3) is 0 Å². The molecule has 2 atom stereocenters. The Balaban J connectivity index is 3.33. The van der Waals surface area contributed by atoms with E-state index in [4.69, 9.17) is 4.74 Å². The first-order valence-electron chi connectivity index (χ1n) is 8.34. The Morgan fingerprint density at radius 2 is 1.92 bits per heavy atom. The van der Waals surface area contributed by atoms with Crippen LogP contribution in [-0.4, -0.2) is 28.2 Å². The van der Waals surface area contributed by atoms with Gasteiger partial charge in [-0.1, -0.05) is 41.4 Å². The number of halogens is 1. The number of Topliss-reactive ketones (excluding diaryl/α,β-unsaturated/α-hetero) is 1. The summed E-state index contributed by atoms with van der Waals surface area (Å²) in [6, 6.07) is 7.03. The van der Waals surface area contributed by atoms with Crippen LogP contribution < -0.4 is 4.72 Å². The minimum Gasteiger partial charge on any atom is -0.598 e. The normalized spacial score (nSPS) is 14.8. The fourth-order valence-electron chi connectivity index (χ4n) is 2.37. The van der Waals surface area contributed by atoms with Crippen molar-refractivity contribution in [1.82, 2.24) is 4.72 Å². The largest absolute Gasteiger partial charge is 0.598 e. The summed E-state index contributed by atoms with van der Waals surface area (Å²) in [5.41, 5.74) is -0.906. The van der Waals surface area contributed by atoms with Crippen LogP contribution in [0.25, 0.3) is 0 Å². The van der Waals surface area contributed by atoms with Crippen molar-refractivity contribution < 1.29 is 18.9 Å². The van der Waals surface area contributed by atoms with E-state index in [1.807, 2.05) is 6.92 Å². The lowest BCUT2D eigenvalue weighted by Crippen LogP contribution is -2.54. The molecule has 0 heterocycles. The molecule has 0 fully saturated rings. The van der Waals surface area contributed by atoms with E-state index in [1.54, 1.807) is 38.1 Å². The van der Waals surface area contributed by atoms with Gasteiger partial charge >= 0.3 is 5.97 Å². The lowest BCUT2D eigenvalue weighted by atomic mass is 9.86. The van der Waals surface area contributed by atoms with Crippen LogP contribution in [0, 0.1) is 0 Å². The molecule has 0 aromatic heterocycles. The number of benzene rings is 1. The number of esters is 1. The van der Waals surface area contributed by atoms with Gasteiger partial charge in [0.1, 0.15) is 11.5 Å². The smallest absolute Gasteiger partial charge is 0.336 e. The van der Waals surface area contributed by atoms with Gasteiger partial charge in [0.2, 0.25) is 0 Å². The van der Waals surface area contributed by atoms with Crippen molar-refractivity contribution in [2.75, 3.05) is 5.75 Å². The molecule has 0 saturated carbocycles. The van der Waals surface area contributed by atoms with Gasteiger partial charge in [-0.15, -0.1) is 4.72 Å².